The van der Waals surface area contributed by atoms with Crippen molar-refractivity contribution in [3.63, 3.8) is 0 Å². The molecule has 0 aliphatic rings. The van der Waals surface area contributed by atoms with Gasteiger partial charge in [0.25, 0.3) is 0 Å². The SMILES string of the molecule is CCOP(=O)(OCC)c1cc2cc(C)ccc2nc1C. The van der Waals surface area contributed by atoms with Gasteiger partial charge < -0.3 is 9.05 Å². The van der Waals surface area contributed by atoms with Crippen LogP contribution in [0.4, 0.5) is 0 Å². The summed E-state index contributed by atoms with van der Waals surface area (Å²) in [6, 6.07) is 7.87. The lowest BCUT2D eigenvalue weighted by molar-refractivity contribution is 0.229. The number of aromatic nitrogens is 1. The highest BCUT2D eigenvalue weighted by atomic mass is 31.2. The predicted octanol–water partition coefficient (Wildman–Crippen LogP) is 3.74. The Morgan fingerprint density at radius 3 is 2.35 bits per heavy atom. The summed E-state index contributed by atoms with van der Waals surface area (Å²) in [7, 11) is -3.29. The third-order valence-electron chi connectivity index (χ3n) is 3.03. The molecule has 1 aromatic carbocycles. The largest absolute Gasteiger partial charge is 0.363 e. The van der Waals surface area contributed by atoms with Crippen LogP contribution in [0.5, 0.6) is 0 Å². The van der Waals surface area contributed by atoms with Crippen molar-refractivity contribution in [3.8, 4) is 0 Å². The summed E-state index contributed by atoms with van der Waals surface area (Å²) < 4.78 is 23.7. The Hall–Kier alpha value is -1.22. The number of fused-ring (bicyclic) bond motifs is 1. The summed E-state index contributed by atoms with van der Waals surface area (Å²) in [6.45, 7) is 8.13. The van der Waals surface area contributed by atoms with Gasteiger partial charge in [0, 0.05) is 5.39 Å². The van der Waals surface area contributed by atoms with E-state index in [1.807, 2.05) is 38.1 Å². The summed E-state index contributed by atoms with van der Waals surface area (Å²) in [5.41, 5.74) is 2.71. The molecule has 0 aliphatic heterocycles. The number of hydrogen-bond donors (Lipinski definition) is 0. The molecule has 0 fully saturated rings. The smallest absolute Gasteiger partial charge is 0.305 e. The third kappa shape index (κ3) is 2.93. The van der Waals surface area contributed by atoms with Gasteiger partial charge in [-0.25, -0.2) is 0 Å². The zero-order valence-corrected chi connectivity index (χ0v) is 13.2. The maximum Gasteiger partial charge on any atom is 0.363 e. The molecule has 20 heavy (non-hydrogen) atoms. The van der Waals surface area contributed by atoms with Gasteiger partial charge in [-0.3, -0.25) is 9.55 Å². The van der Waals surface area contributed by atoms with E-state index in [4.69, 9.17) is 9.05 Å². The second-order valence-electron chi connectivity index (χ2n) is 4.62. The Bertz CT molecular complexity index is 659. The van der Waals surface area contributed by atoms with Gasteiger partial charge >= 0.3 is 7.60 Å². The van der Waals surface area contributed by atoms with Gasteiger partial charge in [-0.15, -0.1) is 0 Å². The molecule has 1 aromatic heterocycles. The third-order valence-corrected chi connectivity index (χ3v) is 5.27. The van der Waals surface area contributed by atoms with Gasteiger partial charge in [0.15, 0.2) is 0 Å². The van der Waals surface area contributed by atoms with Crippen molar-refractivity contribution in [3.05, 3.63) is 35.5 Å². The molecule has 0 atom stereocenters. The summed E-state index contributed by atoms with van der Waals surface area (Å²) in [6.07, 6.45) is 0. The minimum Gasteiger partial charge on any atom is -0.305 e. The summed E-state index contributed by atoms with van der Waals surface area (Å²) >= 11 is 0. The van der Waals surface area contributed by atoms with E-state index in [2.05, 4.69) is 4.98 Å². The number of benzene rings is 1. The van der Waals surface area contributed by atoms with Crippen LogP contribution in [0.2, 0.25) is 0 Å². The molecule has 2 rings (SSSR count). The molecular formula is C15H20NO3P. The number of pyridine rings is 1. The van der Waals surface area contributed by atoms with E-state index in [0.717, 1.165) is 16.5 Å². The number of aryl methyl sites for hydroxylation is 2. The van der Waals surface area contributed by atoms with Crippen LogP contribution in [-0.2, 0) is 13.6 Å². The fourth-order valence-electron chi connectivity index (χ4n) is 2.17. The zero-order valence-electron chi connectivity index (χ0n) is 12.3. The van der Waals surface area contributed by atoms with E-state index in [1.165, 1.54) is 0 Å². The highest BCUT2D eigenvalue weighted by Gasteiger charge is 2.29. The first-order chi connectivity index (χ1) is 9.50. The molecule has 4 nitrogen and oxygen atoms in total. The Labute approximate surface area is 119 Å². The van der Waals surface area contributed by atoms with E-state index < -0.39 is 7.60 Å². The van der Waals surface area contributed by atoms with Crippen molar-refractivity contribution in [2.45, 2.75) is 27.7 Å². The Morgan fingerprint density at radius 1 is 1.10 bits per heavy atom. The number of rotatable bonds is 5. The molecule has 0 amide bonds. The first kappa shape index (κ1) is 15.2. The average Bonchev–Trinajstić information content (AvgIpc) is 2.39. The molecule has 0 bridgehead atoms. The van der Waals surface area contributed by atoms with Crippen LogP contribution in [0.3, 0.4) is 0 Å². The van der Waals surface area contributed by atoms with Crippen molar-refractivity contribution in [1.82, 2.24) is 4.98 Å². The van der Waals surface area contributed by atoms with Crippen LogP contribution < -0.4 is 5.30 Å². The van der Waals surface area contributed by atoms with Crippen LogP contribution in [0.15, 0.2) is 24.3 Å². The molecule has 1 heterocycles. The fraction of sp³-hybridized carbons (Fsp3) is 0.400. The molecule has 0 N–H and O–H groups in total. The van der Waals surface area contributed by atoms with Gasteiger partial charge in [-0.05, 0) is 45.9 Å². The molecule has 5 heteroatoms. The van der Waals surface area contributed by atoms with Crippen LogP contribution in [0.25, 0.3) is 10.9 Å². The van der Waals surface area contributed by atoms with Gasteiger partial charge in [0.2, 0.25) is 0 Å². The molecule has 2 aromatic rings. The average molecular weight is 293 g/mol. The second-order valence-corrected chi connectivity index (χ2v) is 6.62. The molecule has 0 unspecified atom stereocenters. The highest BCUT2D eigenvalue weighted by molar-refractivity contribution is 7.62. The van der Waals surface area contributed by atoms with E-state index in [-0.39, 0.29) is 0 Å². The first-order valence-corrected chi connectivity index (χ1v) is 8.32. The topological polar surface area (TPSA) is 48.4 Å². The monoisotopic (exact) mass is 293 g/mol. The van der Waals surface area contributed by atoms with E-state index in [1.54, 1.807) is 13.8 Å². The Kier molecular flexibility index (Phi) is 4.59. The standard InChI is InChI=1S/C15H20NO3P/c1-5-18-20(17,19-6-2)15-10-13-9-11(3)7-8-14(13)16-12(15)4/h7-10H,5-6H2,1-4H3. The molecular weight excluding hydrogens is 273 g/mol. The van der Waals surface area contributed by atoms with E-state index in [0.29, 0.717) is 24.2 Å². The minimum absolute atomic E-state index is 0.336. The maximum atomic E-state index is 12.9. The zero-order chi connectivity index (χ0) is 14.8. The Balaban J connectivity index is 2.62. The highest BCUT2D eigenvalue weighted by Crippen LogP contribution is 2.47. The lowest BCUT2D eigenvalue weighted by Crippen LogP contribution is -2.15. The summed E-state index contributed by atoms with van der Waals surface area (Å²) in [4.78, 5) is 4.52. The Morgan fingerprint density at radius 2 is 1.75 bits per heavy atom. The van der Waals surface area contributed by atoms with Crippen molar-refractivity contribution >= 4 is 23.8 Å². The molecule has 0 saturated carbocycles. The maximum absolute atomic E-state index is 12.9. The normalized spacial score (nSPS) is 12.0. The second kappa shape index (κ2) is 6.04. The van der Waals surface area contributed by atoms with Crippen LogP contribution in [-0.4, -0.2) is 18.2 Å². The number of nitrogens with zero attached hydrogens (tertiary/aromatic N) is 1. The minimum atomic E-state index is -3.29. The van der Waals surface area contributed by atoms with Crippen molar-refractivity contribution in [1.29, 1.82) is 0 Å². The molecule has 108 valence electrons. The lowest BCUT2D eigenvalue weighted by Gasteiger charge is -2.19. The fourth-order valence-corrected chi connectivity index (χ4v) is 3.95. The van der Waals surface area contributed by atoms with Gasteiger partial charge in [0.05, 0.1) is 29.7 Å². The van der Waals surface area contributed by atoms with Crippen molar-refractivity contribution in [2.75, 3.05) is 13.2 Å². The van der Waals surface area contributed by atoms with Crippen LogP contribution >= 0.6 is 7.60 Å². The van der Waals surface area contributed by atoms with Crippen molar-refractivity contribution < 1.29 is 13.6 Å². The summed E-state index contributed by atoms with van der Waals surface area (Å²) in [5.74, 6) is 0. The van der Waals surface area contributed by atoms with Gasteiger partial charge in [-0.1, -0.05) is 11.6 Å². The van der Waals surface area contributed by atoms with Gasteiger partial charge in [-0.2, -0.15) is 0 Å². The van der Waals surface area contributed by atoms with E-state index in [9.17, 15) is 4.57 Å². The summed E-state index contributed by atoms with van der Waals surface area (Å²) in [5, 5.41) is 1.50. The lowest BCUT2D eigenvalue weighted by atomic mass is 10.1. The number of hydrogen-bond acceptors (Lipinski definition) is 4. The van der Waals surface area contributed by atoms with Crippen LogP contribution in [0, 0.1) is 13.8 Å². The molecule has 0 saturated heterocycles. The molecule has 0 spiro atoms. The quantitative estimate of drug-likeness (QED) is 0.788. The first-order valence-electron chi connectivity index (χ1n) is 6.78. The molecule has 0 aliphatic carbocycles. The van der Waals surface area contributed by atoms with Crippen molar-refractivity contribution in [2.24, 2.45) is 0 Å². The van der Waals surface area contributed by atoms with E-state index >= 15 is 0 Å². The predicted molar refractivity (Wildman–Crippen MR) is 81.7 cm³/mol. The van der Waals surface area contributed by atoms with Crippen LogP contribution in [0.1, 0.15) is 25.1 Å². The van der Waals surface area contributed by atoms with Gasteiger partial charge in [0.1, 0.15) is 0 Å². The molecule has 0 radical (unpaired) electrons.